The molecule has 0 atom stereocenters. The molecule has 0 fully saturated rings. The fraction of sp³-hybridized carbons (Fsp3) is 0.474. The zero-order valence-electron chi connectivity index (χ0n) is 15.0. The van der Waals surface area contributed by atoms with Crippen molar-refractivity contribution in [1.29, 1.82) is 0 Å². The molecular formula is C19H26N4S. The lowest BCUT2D eigenvalue weighted by atomic mass is 9.93. The number of aromatic nitrogens is 1. The Bertz CT molecular complexity index is 727. The average Bonchev–Trinajstić information content (AvgIpc) is 3.18. The van der Waals surface area contributed by atoms with Crippen molar-refractivity contribution < 1.29 is 0 Å². The highest BCUT2D eigenvalue weighted by atomic mass is 32.1. The Morgan fingerprint density at radius 1 is 1.33 bits per heavy atom. The van der Waals surface area contributed by atoms with Gasteiger partial charge in [0, 0.05) is 43.0 Å². The van der Waals surface area contributed by atoms with Gasteiger partial charge in [-0.3, -0.25) is 4.99 Å². The Morgan fingerprint density at radius 2 is 2.12 bits per heavy atom. The summed E-state index contributed by atoms with van der Waals surface area (Å²) in [6, 6.07) is 8.57. The van der Waals surface area contributed by atoms with Crippen molar-refractivity contribution in [2.45, 2.75) is 39.0 Å². The van der Waals surface area contributed by atoms with Crippen molar-refractivity contribution in [2.24, 2.45) is 4.99 Å². The first-order valence-corrected chi connectivity index (χ1v) is 9.38. The molecule has 0 saturated heterocycles. The smallest absolute Gasteiger partial charge is 0.198 e. The highest BCUT2D eigenvalue weighted by Gasteiger charge is 2.22. The molecule has 0 bridgehead atoms. The summed E-state index contributed by atoms with van der Waals surface area (Å²) in [5, 5.41) is 6.86. The largest absolute Gasteiger partial charge is 0.356 e. The number of anilines is 1. The van der Waals surface area contributed by atoms with Crippen LogP contribution in [-0.4, -0.2) is 31.1 Å². The Labute approximate surface area is 148 Å². The normalized spacial score (nSPS) is 14.8. The van der Waals surface area contributed by atoms with Crippen LogP contribution in [0.2, 0.25) is 0 Å². The van der Waals surface area contributed by atoms with Crippen LogP contribution in [0.15, 0.2) is 34.6 Å². The zero-order valence-corrected chi connectivity index (χ0v) is 15.8. The predicted molar refractivity (Wildman–Crippen MR) is 103 cm³/mol. The van der Waals surface area contributed by atoms with Gasteiger partial charge in [-0.1, -0.05) is 39.0 Å². The summed E-state index contributed by atoms with van der Waals surface area (Å²) in [7, 11) is 1.85. The molecule has 1 aromatic heterocycles. The highest BCUT2D eigenvalue weighted by molar-refractivity contribution is 7.09. The minimum absolute atomic E-state index is 0.122. The number of thiazole rings is 1. The van der Waals surface area contributed by atoms with Gasteiger partial charge in [0.1, 0.15) is 0 Å². The number of guanidine groups is 1. The fourth-order valence-corrected chi connectivity index (χ4v) is 3.93. The molecule has 0 unspecified atom stereocenters. The Morgan fingerprint density at radius 3 is 2.83 bits per heavy atom. The van der Waals surface area contributed by atoms with Gasteiger partial charge in [0.25, 0.3) is 0 Å². The quantitative estimate of drug-likeness (QED) is 0.684. The predicted octanol–water partition coefficient (Wildman–Crippen LogP) is 3.62. The molecule has 0 radical (unpaired) electrons. The van der Waals surface area contributed by atoms with Crippen molar-refractivity contribution in [2.75, 3.05) is 25.0 Å². The molecule has 0 amide bonds. The highest BCUT2D eigenvalue weighted by Crippen LogP contribution is 2.27. The first kappa shape index (κ1) is 17.0. The van der Waals surface area contributed by atoms with Gasteiger partial charge in [-0.15, -0.1) is 11.3 Å². The van der Waals surface area contributed by atoms with Crippen LogP contribution in [0.4, 0.5) is 5.69 Å². The molecule has 0 spiro atoms. The molecule has 0 aliphatic carbocycles. The Hall–Kier alpha value is -1.88. The van der Waals surface area contributed by atoms with Crippen LogP contribution in [0.25, 0.3) is 0 Å². The van der Waals surface area contributed by atoms with Crippen molar-refractivity contribution in [3.05, 3.63) is 45.9 Å². The summed E-state index contributed by atoms with van der Waals surface area (Å²) in [6.45, 7) is 8.46. The van der Waals surface area contributed by atoms with E-state index >= 15 is 0 Å². The molecule has 4 nitrogen and oxygen atoms in total. The van der Waals surface area contributed by atoms with Gasteiger partial charge in [0.05, 0.1) is 10.7 Å². The van der Waals surface area contributed by atoms with Gasteiger partial charge in [-0.2, -0.15) is 0 Å². The standard InChI is InChI=1S/C19H26N4S/c1-19(2,3)16-13-24-17(22-16)9-11-21-18(20-4)23-12-10-14-7-5-6-8-15(14)23/h5-8,13H,9-12H2,1-4H3,(H,20,21). The molecule has 1 aliphatic rings. The third-order valence-electron chi connectivity index (χ3n) is 4.30. The maximum atomic E-state index is 4.76. The van der Waals surface area contributed by atoms with Crippen LogP contribution in [0.1, 0.15) is 37.0 Å². The first-order valence-electron chi connectivity index (χ1n) is 8.50. The number of nitrogens with zero attached hydrogens (tertiary/aromatic N) is 3. The average molecular weight is 343 g/mol. The summed E-state index contributed by atoms with van der Waals surface area (Å²) in [4.78, 5) is 11.5. The number of hydrogen-bond acceptors (Lipinski definition) is 3. The third-order valence-corrected chi connectivity index (χ3v) is 5.21. The van der Waals surface area contributed by atoms with Crippen molar-refractivity contribution in [3.63, 3.8) is 0 Å². The van der Waals surface area contributed by atoms with E-state index in [1.807, 2.05) is 7.05 Å². The van der Waals surface area contributed by atoms with E-state index in [-0.39, 0.29) is 5.41 Å². The topological polar surface area (TPSA) is 40.5 Å². The molecular weight excluding hydrogens is 316 g/mol. The van der Waals surface area contributed by atoms with E-state index in [1.54, 1.807) is 11.3 Å². The maximum absolute atomic E-state index is 4.76. The SMILES string of the molecule is CN=C(NCCc1nc(C(C)(C)C)cs1)N1CCc2ccccc21. The summed E-state index contributed by atoms with van der Waals surface area (Å²) >= 11 is 1.75. The number of nitrogens with one attached hydrogen (secondary N) is 1. The van der Waals surface area contributed by atoms with Crippen LogP contribution in [0, 0.1) is 0 Å². The molecule has 1 N–H and O–H groups in total. The van der Waals surface area contributed by atoms with E-state index in [0.717, 1.165) is 31.9 Å². The van der Waals surface area contributed by atoms with E-state index in [1.165, 1.54) is 22.0 Å². The second kappa shape index (κ2) is 6.93. The minimum Gasteiger partial charge on any atom is -0.356 e. The molecule has 128 valence electrons. The molecule has 1 aliphatic heterocycles. The van der Waals surface area contributed by atoms with Gasteiger partial charge < -0.3 is 10.2 Å². The van der Waals surface area contributed by atoms with E-state index in [4.69, 9.17) is 4.98 Å². The Balaban J connectivity index is 1.59. The third kappa shape index (κ3) is 3.61. The van der Waals surface area contributed by atoms with E-state index in [9.17, 15) is 0 Å². The van der Waals surface area contributed by atoms with Crippen LogP contribution in [0.3, 0.4) is 0 Å². The number of aliphatic imine (C=N–C) groups is 1. The van der Waals surface area contributed by atoms with Gasteiger partial charge >= 0.3 is 0 Å². The summed E-state index contributed by atoms with van der Waals surface area (Å²) in [6.07, 6.45) is 2.01. The van der Waals surface area contributed by atoms with Crippen LogP contribution < -0.4 is 10.2 Å². The van der Waals surface area contributed by atoms with Crippen molar-refractivity contribution in [3.8, 4) is 0 Å². The molecule has 24 heavy (non-hydrogen) atoms. The van der Waals surface area contributed by atoms with Gasteiger partial charge in [0.15, 0.2) is 5.96 Å². The second-order valence-electron chi connectivity index (χ2n) is 7.13. The molecule has 5 heteroatoms. The lowest BCUT2D eigenvalue weighted by Crippen LogP contribution is -2.41. The summed E-state index contributed by atoms with van der Waals surface area (Å²) in [5.74, 6) is 0.951. The first-order chi connectivity index (χ1) is 11.5. The van der Waals surface area contributed by atoms with Gasteiger partial charge in [0.2, 0.25) is 0 Å². The zero-order chi connectivity index (χ0) is 17.2. The summed E-state index contributed by atoms with van der Waals surface area (Å²) < 4.78 is 0. The van der Waals surface area contributed by atoms with Gasteiger partial charge in [-0.25, -0.2) is 4.98 Å². The lowest BCUT2D eigenvalue weighted by molar-refractivity contribution is 0.570. The molecule has 2 aromatic rings. The van der Waals surface area contributed by atoms with Crippen molar-refractivity contribution >= 4 is 23.0 Å². The van der Waals surface area contributed by atoms with Crippen LogP contribution in [0.5, 0.6) is 0 Å². The molecule has 1 aromatic carbocycles. The minimum atomic E-state index is 0.122. The number of fused-ring (bicyclic) bond motifs is 1. The van der Waals surface area contributed by atoms with Crippen molar-refractivity contribution in [1.82, 2.24) is 10.3 Å². The summed E-state index contributed by atoms with van der Waals surface area (Å²) in [5.41, 5.74) is 3.97. The van der Waals surface area contributed by atoms with Crippen LogP contribution in [-0.2, 0) is 18.3 Å². The molecule has 2 heterocycles. The monoisotopic (exact) mass is 342 g/mol. The molecule has 3 rings (SSSR count). The lowest BCUT2D eigenvalue weighted by Gasteiger charge is -2.22. The molecule has 0 saturated carbocycles. The Kier molecular flexibility index (Phi) is 4.90. The number of benzene rings is 1. The van der Waals surface area contributed by atoms with E-state index in [0.29, 0.717) is 0 Å². The number of hydrogen-bond donors (Lipinski definition) is 1. The number of para-hydroxylation sites is 1. The second-order valence-corrected chi connectivity index (χ2v) is 8.07. The van der Waals surface area contributed by atoms with E-state index in [2.05, 4.69) is 65.6 Å². The van der Waals surface area contributed by atoms with Crippen LogP contribution >= 0.6 is 11.3 Å². The van der Waals surface area contributed by atoms with E-state index < -0.39 is 0 Å². The van der Waals surface area contributed by atoms with Gasteiger partial charge in [-0.05, 0) is 18.1 Å². The number of rotatable bonds is 3. The fourth-order valence-electron chi connectivity index (χ4n) is 2.90. The maximum Gasteiger partial charge on any atom is 0.198 e.